The smallest absolute Gasteiger partial charge is 0.0991 e. The second kappa shape index (κ2) is 8.89. The number of benzene rings is 7. The molecule has 0 fully saturated rings. The van der Waals surface area contributed by atoms with E-state index >= 15 is 0 Å². The first-order valence-electron chi connectivity index (χ1n) is 14.8. The summed E-state index contributed by atoms with van der Waals surface area (Å²) in [7, 11) is 0. The summed E-state index contributed by atoms with van der Waals surface area (Å²) in [6.07, 6.45) is 0. The second-order valence-electron chi connectivity index (χ2n) is 11.5. The van der Waals surface area contributed by atoms with Crippen LogP contribution in [-0.4, -0.2) is 0 Å². The van der Waals surface area contributed by atoms with Crippen molar-refractivity contribution in [2.75, 3.05) is 0 Å². The van der Waals surface area contributed by atoms with E-state index in [0.717, 1.165) is 11.1 Å². The van der Waals surface area contributed by atoms with Crippen LogP contribution in [0.15, 0.2) is 152 Å². The van der Waals surface area contributed by atoms with Gasteiger partial charge in [-0.15, -0.1) is 0 Å². The first-order valence-corrected chi connectivity index (χ1v) is 14.8. The third kappa shape index (κ3) is 3.16. The molecule has 2 aliphatic rings. The molecule has 1 heteroatoms. The van der Waals surface area contributed by atoms with Crippen molar-refractivity contribution in [3.8, 4) is 50.6 Å². The molecule has 1 spiro atoms. The average Bonchev–Trinajstić information content (AvgIpc) is 3.34. The van der Waals surface area contributed by atoms with E-state index in [2.05, 4.69) is 146 Å². The van der Waals surface area contributed by atoms with Crippen LogP contribution in [0.2, 0.25) is 0 Å². The molecule has 1 nitrogen and oxygen atoms in total. The maximum Gasteiger partial charge on any atom is 0.0991 e. The van der Waals surface area contributed by atoms with Crippen LogP contribution in [-0.2, 0) is 5.41 Å². The van der Waals surface area contributed by atoms with Crippen LogP contribution >= 0.6 is 0 Å². The zero-order valence-corrected chi connectivity index (χ0v) is 23.4. The molecule has 0 bridgehead atoms. The lowest BCUT2D eigenvalue weighted by Gasteiger charge is -2.35. The van der Waals surface area contributed by atoms with Gasteiger partial charge in [0.15, 0.2) is 0 Å². The van der Waals surface area contributed by atoms with E-state index < -0.39 is 5.41 Å². The summed E-state index contributed by atoms with van der Waals surface area (Å²) in [5.41, 5.74) is 15.3. The van der Waals surface area contributed by atoms with Gasteiger partial charge in [-0.25, -0.2) is 0 Å². The van der Waals surface area contributed by atoms with Crippen LogP contribution in [0, 0.1) is 11.3 Å². The van der Waals surface area contributed by atoms with Gasteiger partial charge in [0.05, 0.1) is 17.0 Å². The highest BCUT2D eigenvalue weighted by Crippen LogP contribution is 2.62. The quantitative estimate of drug-likeness (QED) is 0.202. The fourth-order valence-electron chi connectivity index (χ4n) is 7.78. The molecule has 7 aromatic rings. The number of nitrogens with zero attached hydrogens (tertiary/aromatic N) is 1. The summed E-state index contributed by atoms with van der Waals surface area (Å²) in [5, 5.41) is 12.0. The molecule has 0 N–H and O–H groups in total. The lowest BCUT2D eigenvalue weighted by Crippen LogP contribution is -2.29. The van der Waals surface area contributed by atoms with E-state index in [0.29, 0.717) is 5.56 Å². The fraction of sp³-hybridized carbons (Fsp3) is 0.0238. The third-order valence-electron chi connectivity index (χ3n) is 9.54. The minimum absolute atomic E-state index is 0.524. The van der Waals surface area contributed by atoms with E-state index in [4.69, 9.17) is 0 Å². The molecule has 0 radical (unpaired) electrons. The third-order valence-corrected chi connectivity index (χ3v) is 9.54. The van der Waals surface area contributed by atoms with Crippen LogP contribution in [0.3, 0.4) is 0 Å². The molecule has 0 saturated carbocycles. The van der Waals surface area contributed by atoms with E-state index in [9.17, 15) is 5.26 Å². The summed E-state index contributed by atoms with van der Waals surface area (Å²) < 4.78 is 0. The molecule has 0 saturated heterocycles. The van der Waals surface area contributed by atoms with Crippen LogP contribution in [0.25, 0.3) is 55.3 Å². The van der Waals surface area contributed by atoms with Crippen molar-refractivity contribution in [2.45, 2.75) is 5.41 Å². The molecule has 0 aliphatic heterocycles. The van der Waals surface area contributed by atoms with Crippen molar-refractivity contribution in [3.63, 3.8) is 0 Å². The summed E-state index contributed by atoms with van der Waals surface area (Å²) in [6.45, 7) is 0. The Hall–Kier alpha value is -5.71. The molecule has 9 rings (SSSR count). The zero-order chi connectivity index (χ0) is 28.5. The van der Waals surface area contributed by atoms with Crippen molar-refractivity contribution < 1.29 is 0 Å². The standard InChI is InChI=1S/C42H25N/c43-26-27-17-19-28(20-18-27)30-21-23-35-33-12-4-3-11-32(33)34-13-5-7-15-37(34)42(40(35)25-30)38-16-8-6-14-36(38)41-31-10-2-1-9-29(31)22-24-39(41)42/h1-25H. The van der Waals surface area contributed by atoms with Crippen LogP contribution in [0.1, 0.15) is 27.8 Å². The van der Waals surface area contributed by atoms with E-state index in [1.807, 2.05) is 12.1 Å². The topological polar surface area (TPSA) is 23.8 Å². The predicted octanol–water partition coefficient (Wildman–Crippen LogP) is 10.4. The van der Waals surface area contributed by atoms with Gasteiger partial charge < -0.3 is 0 Å². The van der Waals surface area contributed by atoms with Gasteiger partial charge in [0.1, 0.15) is 0 Å². The molecule has 43 heavy (non-hydrogen) atoms. The largest absolute Gasteiger partial charge is 0.192 e. The molecule has 1 atom stereocenters. The van der Waals surface area contributed by atoms with Crippen LogP contribution < -0.4 is 0 Å². The molecule has 1 unspecified atom stereocenters. The first-order chi connectivity index (χ1) is 21.3. The van der Waals surface area contributed by atoms with Crippen LogP contribution in [0.4, 0.5) is 0 Å². The van der Waals surface area contributed by atoms with Crippen molar-refractivity contribution in [1.29, 1.82) is 5.26 Å². The lowest BCUT2D eigenvalue weighted by molar-refractivity contribution is 0.776. The number of hydrogen-bond acceptors (Lipinski definition) is 1. The highest BCUT2D eigenvalue weighted by Gasteiger charge is 2.50. The van der Waals surface area contributed by atoms with E-state index in [1.165, 1.54) is 66.4 Å². The Bertz CT molecular complexity index is 2300. The highest BCUT2D eigenvalue weighted by molar-refractivity contribution is 6.06. The Morgan fingerprint density at radius 2 is 1.00 bits per heavy atom. The van der Waals surface area contributed by atoms with Gasteiger partial charge in [-0.1, -0.05) is 133 Å². The minimum Gasteiger partial charge on any atom is -0.192 e. The Balaban J connectivity index is 1.49. The van der Waals surface area contributed by atoms with Gasteiger partial charge in [0, 0.05) is 0 Å². The SMILES string of the molecule is N#Cc1ccc(-c2ccc3c(c2)C2(c4ccccc4-c4ccccc4-3)c3ccccc3-c3c2ccc2ccccc32)cc1. The molecule has 7 aromatic carbocycles. The van der Waals surface area contributed by atoms with Gasteiger partial charge in [0.25, 0.3) is 0 Å². The number of hydrogen-bond donors (Lipinski definition) is 0. The molecular formula is C42H25N. The van der Waals surface area contributed by atoms with Gasteiger partial charge in [-0.2, -0.15) is 5.26 Å². The molecule has 2 aliphatic carbocycles. The molecule has 0 heterocycles. The van der Waals surface area contributed by atoms with Crippen molar-refractivity contribution in [2.24, 2.45) is 0 Å². The van der Waals surface area contributed by atoms with E-state index in [-0.39, 0.29) is 0 Å². The normalized spacial score (nSPS) is 15.5. The monoisotopic (exact) mass is 543 g/mol. The predicted molar refractivity (Wildman–Crippen MR) is 176 cm³/mol. The van der Waals surface area contributed by atoms with Gasteiger partial charge in [0.2, 0.25) is 0 Å². The van der Waals surface area contributed by atoms with Crippen molar-refractivity contribution in [3.05, 3.63) is 179 Å². The summed E-state index contributed by atoms with van der Waals surface area (Å²) in [6, 6.07) is 57.5. The van der Waals surface area contributed by atoms with Gasteiger partial charge >= 0.3 is 0 Å². The fourth-order valence-corrected chi connectivity index (χ4v) is 7.78. The van der Waals surface area contributed by atoms with Crippen LogP contribution in [0.5, 0.6) is 0 Å². The summed E-state index contributed by atoms with van der Waals surface area (Å²) in [5.74, 6) is 0. The van der Waals surface area contributed by atoms with Crippen molar-refractivity contribution in [1.82, 2.24) is 0 Å². The average molecular weight is 544 g/mol. The highest BCUT2D eigenvalue weighted by atomic mass is 14.5. The number of fused-ring (bicyclic) bond motifs is 14. The molecular weight excluding hydrogens is 518 g/mol. The van der Waals surface area contributed by atoms with Gasteiger partial charge in [-0.3, -0.25) is 0 Å². The Labute approximate surface area is 251 Å². The Morgan fingerprint density at radius 1 is 0.419 bits per heavy atom. The molecule has 0 aromatic heterocycles. The number of rotatable bonds is 1. The summed E-state index contributed by atoms with van der Waals surface area (Å²) in [4.78, 5) is 0. The maximum absolute atomic E-state index is 9.42. The zero-order valence-electron chi connectivity index (χ0n) is 23.4. The second-order valence-corrected chi connectivity index (χ2v) is 11.5. The molecule has 198 valence electrons. The molecule has 0 amide bonds. The first kappa shape index (κ1) is 23.9. The van der Waals surface area contributed by atoms with E-state index in [1.54, 1.807) is 0 Å². The number of nitriles is 1. The Morgan fingerprint density at radius 3 is 1.74 bits per heavy atom. The lowest BCUT2D eigenvalue weighted by atomic mass is 9.65. The minimum atomic E-state index is -0.524. The van der Waals surface area contributed by atoms with Gasteiger partial charge in [-0.05, 0) is 95.7 Å². The summed E-state index contributed by atoms with van der Waals surface area (Å²) >= 11 is 0. The Kier molecular flexibility index (Phi) is 4.95. The van der Waals surface area contributed by atoms with Crippen molar-refractivity contribution >= 4 is 10.8 Å². The maximum atomic E-state index is 9.42.